The number of carbonyl (C=O) groups excluding carboxylic acids is 2. The normalized spacial score (nSPS) is 19.5. The summed E-state index contributed by atoms with van der Waals surface area (Å²) in [4.78, 5) is 38.1. The molecule has 1 aliphatic heterocycles. The van der Waals surface area contributed by atoms with Crippen LogP contribution in [0.4, 0.5) is 10.1 Å². The fourth-order valence-corrected chi connectivity index (χ4v) is 4.70. The van der Waals surface area contributed by atoms with Crippen LogP contribution in [0.5, 0.6) is 5.75 Å². The van der Waals surface area contributed by atoms with E-state index < -0.39 is 17.7 Å². The van der Waals surface area contributed by atoms with Crippen LogP contribution in [0, 0.1) is 11.7 Å². The molecule has 3 N–H and O–H groups in total. The number of benzene rings is 2. The van der Waals surface area contributed by atoms with E-state index >= 15 is 0 Å². The summed E-state index contributed by atoms with van der Waals surface area (Å²) in [5.74, 6) is -2.44. The van der Waals surface area contributed by atoms with Crippen LogP contribution in [0.3, 0.4) is 0 Å². The minimum atomic E-state index is -0.805. The van der Waals surface area contributed by atoms with Gasteiger partial charge in [0.05, 0.1) is 12.0 Å². The van der Waals surface area contributed by atoms with E-state index in [1.165, 1.54) is 25.0 Å². The molecule has 0 aromatic heterocycles. The predicted octanol–water partition coefficient (Wildman–Crippen LogP) is 3.61. The highest BCUT2D eigenvalue weighted by molar-refractivity contribution is 5.95. The number of aliphatic carboxylic acids is 1. The number of carboxylic acid groups (broad SMARTS) is 1. The number of hydrogen-bond donors (Lipinski definition) is 3. The van der Waals surface area contributed by atoms with E-state index in [2.05, 4.69) is 15.5 Å². The Morgan fingerprint density at radius 1 is 0.889 bits per heavy atom. The standard InChI is InChI=1S/C27H32FN3O5/c28-23-17-20(7-12-24(23)36-22-10-5-19(6-11-22)27(34)35)26(33)30-14-13-29-25(32)18-3-8-21(9-4-18)31-15-1-2-16-31/h3-4,7-9,12,17,19,22H,1-2,5-6,10-11,13-16H2,(H,29,32)(H,30,33)(H,34,35)/t19-,22+. The van der Waals surface area contributed by atoms with E-state index in [-0.39, 0.29) is 42.3 Å². The van der Waals surface area contributed by atoms with Gasteiger partial charge in [0.1, 0.15) is 0 Å². The van der Waals surface area contributed by atoms with Gasteiger partial charge in [-0.3, -0.25) is 14.4 Å². The van der Waals surface area contributed by atoms with Crippen molar-refractivity contribution in [3.8, 4) is 5.75 Å². The number of carboxylic acids is 1. The molecule has 0 spiro atoms. The molecule has 4 rings (SSSR count). The Kier molecular flexibility index (Phi) is 8.40. The molecule has 1 saturated carbocycles. The van der Waals surface area contributed by atoms with Crippen LogP contribution >= 0.6 is 0 Å². The highest BCUT2D eigenvalue weighted by Crippen LogP contribution is 2.29. The van der Waals surface area contributed by atoms with Crippen molar-refractivity contribution in [2.24, 2.45) is 5.92 Å². The fraction of sp³-hybridized carbons (Fsp3) is 0.444. The summed E-state index contributed by atoms with van der Waals surface area (Å²) in [6.07, 6.45) is 4.24. The number of ether oxygens (including phenoxy) is 1. The molecule has 2 fully saturated rings. The monoisotopic (exact) mass is 497 g/mol. The summed E-state index contributed by atoms with van der Waals surface area (Å²) in [6.45, 7) is 2.52. The molecule has 0 unspecified atom stereocenters. The number of amides is 2. The second-order valence-electron chi connectivity index (χ2n) is 9.33. The summed E-state index contributed by atoms with van der Waals surface area (Å²) < 4.78 is 20.2. The Morgan fingerprint density at radius 2 is 1.47 bits per heavy atom. The van der Waals surface area contributed by atoms with Gasteiger partial charge in [0.25, 0.3) is 11.8 Å². The lowest BCUT2D eigenvalue weighted by Gasteiger charge is -2.27. The minimum Gasteiger partial charge on any atom is -0.487 e. The van der Waals surface area contributed by atoms with Gasteiger partial charge in [-0.05, 0) is 81.0 Å². The summed E-state index contributed by atoms with van der Waals surface area (Å²) in [5.41, 5.74) is 1.82. The Bertz CT molecular complexity index is 1080. The van der Waals surface area contributed by atoms with E-state index in [1.807, 2.05) is 12.1 Å². The topological polar surface area (TPSA) is 108 Å². The third kappa shape index (κ3) is 6.53. The number of anilines is 1. The second kappa shape index (κ2) is 11.9. The van der Waals surface area contributed by atoms with Gasteiger partial charge >= 0.3 is 5.97 Å². The molecule has 1 heterocycles. The molecule has 2 amide bonds. The van der Waals surface area contributed by atoms with E-state index in [1.54, 1.807) is 12.1 Å². The van der Waals surface area contributed by atoms with Gasteiger partial charge in [0, 0.05) is 43.0 Å². The molecule has 1 aliphatic carbocycles. The molecule has 8 nitrogen and oxygen atoms in total. The van der Waals surface area contributed by atoms with Gasteiger partial charge in [-0.1, -0.05) is 0 Å². The van der Waals surface area contributed by atoms with Gasteiger partial charge in [-0.15, -0.1) is 0 Å². The molecule has 1 saturated heterocycles. The molecule has 0 radical (unpaired) electrons. The smallest absolute Gasteiger partial charge is 0.306 e. The molecular weight excluding hydrogens is 465 g/mol. The van der Waals surface area contributed by atoms with Gasteiger partial charge in [-0.2, -0.15) is 0 Å². The molecule has 0 bridgehead atoms. The van der Waals surface area contributed by atoms with Crippen molar-refractivity contribution in [2.45, 2.75) is 44.6 Å². The van der Waals surface area contributed by atoms with Crippen LogP contribution in [0.25, 0.3) is 0 Å². The van der Waals surface area contributed by atoms with Gasteiger partial charge < -0.3 is 25.4 Å². The summed E-state index contributed by atoms with van der Waals surface area (Å²) in [7, 11) is 0. The van der Waals surface area contributed by atoms with Crippen molar-refractivity contribution in [1.82, 2.24) is 10.6 Å². The van der Waals surface area contributed by atoms with Crippen molar-refractivity contribution in [1.29, 1.82) is 0 Å². The maximum Gasteiger partial charge on any atom is 0.306 e. The molecular formula is C27H32FN3O5. The van der Waals surface area contributed by atoms with Gasteiger partial charge in [0.15, 0.2) is 11.6 Å². The first-order valence-corrected chi connectivity index (χ1v) is 12.5. The molecule has 2 aromatic carbocycles. The highest BCUT2D eigenvalue weighted by atomic mass is 19.1. The SMILES string of the molecule is O=C(NCCNC(=O)c1ccc(O[C@H]2CC[C@@H](C(=O)O)CC2)c(F)c1)c1ccc(N2CCCC2)cc1. The first-order valence-electron chi connectivity index (χ1n) is 12.5. The second-order valence-corrected chi connectivity index (χ2v) is 9.33. The van der Waals surface area contributed by atoms with Crippen LogP contribution in [0.15, 0.2) is 42.5 Å². The molecule has 2 aromatic rings. The van der Waals surface area contributed by atoms with Crippen LogP contribution in [0.2, 0.25) is 0 Å². The van der Waals surface area contributed by atoms with Crippen LogP contribution in [-0.4, -0.2) is 55.2 Å². The number of nitrogens with zero attached hydrogens (tertiary/aromatic N) is 1. The van der Waals surface area contributed by atoms with Crippen molar-refractivity contribution in [3.63, 3.8) is 0 Å². The van der Waals surface area contributed by atoms with Gasteiger partial charge in [0.2, 0.25) is 0 Å². The first kappa shape index (κ1) is 25.5. The summed E-state index contributed by atoms with van der Waals surface area (Å²) in [5, 5.41) is 14.5. The lowest BCUT2D eigenvalue weighted by Crippen LogP contribution is -2.34. The fourth-order valence-electron chi connectivity index (χ4n) is 4.70. The molecule has 9 heteroatoms. The number of carbonyl (C=O) groups is 3. The Labute approximate surface area is 209 Å². The maximum atomic E-state index is 14.5. The van der Waals surface area contributed by atoms with Crippen molar-refractivity contribution in [3.05, 3.63) is 59.4 Å². The number of halogens is 1. The van der Waals surface area contributed by atoms with Crippen molar-refractivity contribution < 1.29 is 28.6 Å². The Morgan fingerprint density at radius 3 is 2.06 bits per heavy atom. The molecule has 192 valence electrons. The van der Waals surface area contributed by atoms with E-state index in [0.29, 0.717) is 31.2 Å². The third-order valence-electron chi connectivity index (χ3n) is 6.81. The molecule has 36 heavy (non-hydrogen) atoms. The summed E-state index contributed by atoms with van der Waals surface area (Å²) >= 11 is 0. The summed E-state index contributed by atoms with van der Waals surface area (Å²) in [6, 6.07) is 11.5. The van der Waals surface area contributed by atoms with E-state index in [4.69, 9.17) is 9.84 Å². The van der Waals surface area contributed by atoms with Crippen LogP contribution in [0.1, 0.15) is 59.2 Å². The number of rotatable bonds is 9. The van der Waals surface area contributed by atoms with E-state index in [0.717, 1.165) is 24.8 Å². The number of hydrogen-bond acceptors (Lipinski definition) is 5. The highest BCUT2D eigenvalue weighted by Gasteiger charge is 2.27. The van der Waals surface area contributed by atoms with Crippen LogP contribution in [-0.2, 0) is 4.79 Å². The quantitative estimate of drug-likeness (QED) is 0.457. The predicted molar refractivity (Wildman–Crippen MR) is 133 cm³/mol. The van der Waals surface area contributed by atoms with Crippen molar-refractivity contribution >= 4 is 23.5 Å². The first-order chi connectivity index (χ1) is 17.4. The zero-order chi connectivity index (χ0) is 25.5. The van der Waals surface area contributed by atoms with Gasteiger partial charge in [-0.25, -0.2) is 4.39 Å². The number of nitrogens with one attached hydrogen (secondary N) is 2. The Hall–Kier alpha value is -3.62. The molecule has 0 atom stereocenters. The lowest BCUT2D eigenvalue weighted by atomic mass is 9.87. The zero-order valence-electron chi connectivity index (χ0n) is 20.2. The average molecular weight is 498 g/mol. The van der Waals surface area contributed by atoms with Crippen LogP contribution < -0.4 is 20.3 Å². The average Bonchev–Trinajstić information content (AvgIpc) is 3.43. The Balaban J connectivity index is 1.19. The lowest BCUT2D eigenvalue weighted by molar-refractivity contribution is -0.143. The zero-order valence-corrected chi connectivity index (χ0v) is 20.2. The third-order valence-corrected chi connectivity index (χ3v) is 6.81. The maximum absolute atomic E-state index is 14.5. The largest absolute Gasteiger partial charge is 0.487 e. The molecule has 2 aliphatic rings. The minimum absolute atomic E-state index is 0.0494. The van der Waals surface area contributed by atoms with Crippen molar-refractivity contribution in [2.75, 3.05) is 31.1 Å². The van der Waals surface area contributed by atoms with E-state index in [9.17, 15) is 18.8 Å².